The van der Waals surface area contributed by atoms with Crippen molar-refractivity contribution in [1.29, 1.82) is 0 Å². The van der Waals surface area contributed by atoms with E-state index in [1.807, 2.05) is 16.7 Å². The second-order valence-electron chi connectivity index (χ2n) is 5.65. The maximum Gasteiger partial charge on any atom is 0.195 e. The van der Waals surface area contributed by atoms with Gasteiger partial charge in [-0.25, -0.2) is 4.98 Å². The molecule has 1 aromatic carbocycles. The zero-order chi connectivity index (χ0) is 14.4. The van der Waals surface area contributed by atoms with Crippen LogP contribution in [0.1, 0.15) is 40.2 Å². The Morgan fingerprint density at radius 2 is 2.05 bits per heavy atom. The van der Waals surface area contributed by atoms with Crippen LogP contribution in [-0.4, -0.2) is 15.7 Å². The molecule has 1 aliphatic carbocycles. The standard InChI is InChI=1S/C17H16N2OS/c1-11-10-21-17-18-16(15(9-20)19(11)17)14-7-6-12-4-2-3-5-13(12)8-14/h6-10H,2-5H2,1H3. The van der Waals surface area contributed by atoms with Crippen molar-refractivity contribution in [3.63, 3.8) is 0 Å². The second-order valence-corrected chi connectivity index (χ2v) is 6.49. The molecule has 0 fully saturated rings. The Balaban J connectivity index is 1.91. The van der Waals surface area contributed by atoms with Gasteiger partial charge in [0.25, 0.3) is 0 Å². The molecule has 0 amide bonds. The first-order valence-corrected chi connectivity index (χ1v) is 8.20. The number of aromatic nitrogens is 2. The molecule has 0 radical (unpaired) electrons. The van der Waals surface area contributed by atoms with Crippen molar-refractivity contribution >= 4 is 22.6 Å². The third kappa shape index (κ3) is 1.94. The smallest absolute Gasteiger partial charge is 0.195 e. The maximum absolute atomic E-state index is 11.6. The number of aryl methyl sites for hydroxylation is 3. The molecule has 1 aliphatic rings. The van der Waals surface area contributed by atoms with E-state index < -0.39 is 0 Å². The zero-order valence-corrected chi connectivity index (χ0v) is 12.7. The highest BCUT2D eigenvalue weighted by Crippen LogP contribution is 2.30. The van der Waals surface area contributed by atoms with Crippen molar-refractivity contribution in [3.05, 3.63) is 46.1 Å². The quantitative estimate of drug-likeness (QED) is 0.668. The molecule has 0 atom stereocenters. The van der Waals surface area contributed by atoms with Crippen LogP contribution in [-0.2, 0) is 12.8 Å². The van der Waals surface area contributed by atoms with E-state index in [1.165, 1.54) is 30.4 Å². The number of fused-ring (bicyclic) bond motifs is 2. The minimum Gasteiger partial charge on any atom is -0.296 e. The molecule has 106 valence electrons. The largest absolute Gasteiger partial charge is 0.296 e. The Hall–Kier alpha value is -1.94. The number of aldehydes is 1. The highest BCUT2D eigenvalue weighted by molar-refractivity contribution is 7.15. The third-order valence-corrected chi connectivity index (χ3v) is 5.25. The fraction of sp³-hybridized carbons (Fsp3) is 0.294. The normalized spacial score (nSPS) is 14.3. The molecule has 4 heteroatoms. The first kappa shape index (κ1) is 12.8. The van der Waals surface area contributed by atoms with Crippen LogP contribution in [0.25, 0.3) is 16.2 Å². The Labute approximate surface area is 127 Å². The molecule has 3 aromatic rings. The van der Waals surface area contributed by atoms with Gasteiger partial charge < -0.3 is 0 Å². The van der Waals surface area contributed by atoms with Gasteiger partial charge >= 0.3 is 0 Å². The van der Waals surface area contributed by atoms with Gasteiger partial charge in [0.15, 0.2) is 11.2 Å². The lowest BCUT2D eigenvalue weighted by Crippen LogP contribution is -2.02. The molecule has 2 aromatic heterocycles. The summed E-state index contributed by atoms with van der Waals surface area (Å²) in [5.74, 6) is 0. The number of carbonyl (C=O) groups excluding carboxylic acids is 1. The van der Waals surface area contributed by atoms with Crippen LogP contribution < -0.4 is 0 Å². The number of thiazole rings is 1. The number of rotatable bonds is 2. The molecular formula is C17H16N2OS. The number of carbonyl (C=O) groups is 1. The van der Waals surface area contributed by atoms with Gasteiger partial charge in [0.05, 0.1) is 0 Å². The van der Waals surface area contributed by atoms with Crippen LogP contribution in [0.3, 0.4) is 0 Å². The van der Waals surface area contributed by atoms with E-state index in [4.69, 9.17) is 0 Å². The molecule has 2 heterocycles. The number of hydrogen-bond donors (Lipinski definition) is 0. The van der Waals surface area contributed by atoms with E-state index >= 15 is 0 Å². The highest BCUT2D eigenvalue weighted by Gasteiger charge is 2.18. The Bertz CT molecular complexity index is 844. The predicted octanol–water partition coefficient (Wildman–Crippen LogP) is 4.06. The Kier molecular flexibility index (Phi) is 2.93. The van der Waals surface area contributed by atoms with Gasteiger partial charge in [-0.15, -0.1) is 11.3 Å². The summed E-state index contributed by atoms with van der Waals surface area (Å²) in [5, 5.41) is 2.03. The van der Waals surface area contributed by atoms with Gasteiger partial charge in [-0.3, -0.25) is 9.20 Å². The third-order valence-electron chi connectivity index (χ3n) is 4.30. The van der Waals surface area contributed by atoms with E-state index in [-0.39, 0.29) is 0 Å². The molecule has 3 nitrogen and oxygen atoms in total. The summed E-state index contributed by atoms with van der Waals surface area (Å²) in [4.78, 5) is 17.1. The van der Waals surface area contributed by atoms with Gasteiger partial charge in [-0.05, 0) is 49.8 Å². The Morgan fingerprint density at radius 1 is 1.24 bits per heavy atom. The predicted molar refractivity (Wildman–Crippen MR) is 85.3 cm³/mol. The van der Waals surface area contributed by atoms with Crippen LogP contribution in [0.5, 0.6) is 0 Å². The van der Waals surface area contributed by atoms with Gasteiger partial charge in [0, 0.05) is 16.6 Å². The van der Waals surface area contributed by atoms with Crippen molar-refractivity contribution in [2.75, 3.05) is 0 Å². The zero-order valence-electron chi connectivity index (χ0n) is 11.9. The molecule has 0 aliphatic heterocycles. The van der Waals surface area contributed by atoms with Crippen LogP contribution >= 0.6 is 11.3 Å². The topological polar surface area (TPSA) is 34.4 Å². The number of benzene rings is 1. The van der Waals surface area contributed by atoms with Crippen molar-refractivity contribution < 1.29 is 4.79 Å². The summed E-state index contributed by atoms with van der Waals surface area (Å²) in [6, 6.07) is 6.54. The summed E-state index contributed by atoms with van der Waals surface area (Å²) in [6.07, 6.45) is 5.78. The van der Waals surface area contributed by atoms with Crippen LogP contribution in [0, 0.1) is 6.92 Å². The molecule has 0 spiro atoms. The first-order valence-electron chi connectivity index (χ1n) is 7.32. The van der Waals surface area contributed by atoms with Crippen molar-refractivity contribution in [3.8, 4) is 11.3 Å². The van der Waals surface area contributed by atoms with Crippen LogP contribution in [0.15, 0.2) is 23.6 Å². The van der Waals surface area contributed by atoms with E-state index in [0.717, 1.165) is 34.6 Å². The molecule has 21 heavy (non-hydrogen) atoms. The summed E-state index contributed by atoms with van der Waals surface area (Å²) in [5.41, 5.74) is 6.48. The second kappa shape index (κ2) is 4.81. The fourth-order valence-corrected chi connectivity index (χ4v) is 4.10. The number of hydrogen-bond acceptors (Lipinski definition) is 3. The summed E-state index contributed by atoms with van der Waals surface area (Å²) >= 11 is 1.58. The van der Waals surface area contributed by atoms with Gasteiger partial charge in [0.2, 0.25) is 0 Å². The fourth-order valence-electron chi connectivity index (χ4n) is 3.22. The summed E-state index contributed by atoms with van der Waals surface area (Å²) < 4.78 is 1.95. The lowest BCUT2D eigenvalue weighted by molar-refractivity contribution is 0.111. The molecule has 0 N–H and O–H groups in total. The van der Waals surface area contributed by atoms with E-state index in [0.29, 0.717) is 5.69 Å². The minimum atomic E-state index is 0.666. The number of imidazole rings is 1. The SMILES string of the molecule is Cc1csc2nc(-c3ccc4c(c3)CCCC4)c(C=O)n12. The van der Waals surface area contributed by atoms with E-state index in [9.17, 15) is 4.79 Å². The van der Waals surface area contributed by atoms with E-state index in [2.05, 4.69) is 23.2 Å². The molecule has 0 unspecified atom stereocenters. The summed E-state index contributed by atoms with van der Waals surface area (Å²) in [7, 11) is 0. The van der Waals surface area contributed by atoms with Crippen molar-refractivity contribution in [2.45, 2.75) is 32.6 Å². The maximum atomic E-state index is 11.6. The van der Waals surface area contributed by atoms with Crippen molar-refractivity contribution in [2.24, 2.45) is 0 Å². The van der Waals surface area contributed by atoms with Gasteiger partial charge in [-0.1, -0.05) is 12.1 Å². The Morgan fingerprint density at radius 3 is 2.86 bits per heavy atom. The molecular weight excluding hydrogens is 280 g/mol. The monoisotopic (exact) mass is 296 g/mol. The lowest BCUT2D eigenvalue weighted by Gasteiger charge is -2.16. The minimum absolute atomic E-state index is 0.666. The lowest BCUT2D eigenvalue weighted by atomic mass is 9.90. The highest BCUT2D eigenvalue weighted by atomic mass is 32.1. The van der Waals surface area contributed by atoms with Crippen molar-refractivity contribution in [1.82, 2.24) is 9.38 Å². The average molecular weight is 296 g/mol. The molecule has 0 bridgehead atoms. The van der Waals surface area contributed by atoms with E-state index in [1.54, 1.807) is 11.3 Å². The molecule has 0 saturated heterocycles. The summed E-state index contributed by atoms with van der Waals surface area (Å²) in [6.45, 7) is 2.01. The molecule has 4 rings (SSSR count). The first-order chi connectivity index (χ1) is 10.3. The van der Waals surface area contributed by atoms with Crippen LogP contribution in [0.2, 0.25) is 0 Å². The number of nitrogens with zero attached hydrogens (tertiary/aromatic N) is 2. The van der Waals surface area contributed by atoms with Crippen LogP contribution in [0.4, 0.5) is 0 Å². The van der Waals surface area contributed by atoms with Gasteiger partial charge in [0.1, 0.15) is 11.4 Å². The average Bonchev–Trinajstić information content (AvgIpc) is 3.06. The van der Waals surface area contributed by atoms with Gasteiger partial charge in [-0.2, -0.15) is 0 Å². The molecule has 0 saturated carbocycles.